The van der Waals surface area contributed by atoms with Crippen molar-refractivity contribution in [1.82, 2.24) is 4.98 Å². The van der Waals surface area contributed by atoms with Crippen LogP contribution in [0.4, 0.5) is 11.5 Å². The molecule has 2 rings (SSSR count). The molecule has 0 spiro atoms. The third-order valence-electron chi connectivity index (χ3n) is 4.04. The van der Waals surface area contributed by atoms with Crippen molar-refractivity contribution in [3.63, 3.8) is 0 Å². The number of rotatable bonds is 6. The normalized spacial score (nSPS) is 10.7. The van der Waals surface area contributed by atoms with E-state index in [1.807, 2.05) is 6.07 Å². The summed E-state index contributed by atoms with van der Waals surface area (Å²) in [5.41, 5.74) is 6.66. The lowest BCUT2D eigenvalue weighted by Gasteiger charge is -2.20. The highest BCUT2D eigenvalue weighted by atomic mass is 15.0. The summed E-state index contributed by atoms with van der Waals surface area (Å²) in [6.45, 7) is 8.90. The van der Waals surface area contributed by atoms with Crippen molar-refractivity contribution >= 4 is 11.5 Å². The number of para-hydroxylation sites is 1. The maximum atomic E-state index is 4.93. The first kappa shape index (κ1) is 15.6. The summed E-state index contributed by atoms with van der Waals surface area (Å²) in [7, 11) is 0. The number of pyridine rings is 1. The van der Waals surface area contributed by atoms with Crippen LogP contribution >= 0.6 is 0 Å². The Kier molecular flexibility index (Phi) is 5.38. The van der Waals surface area contributed by atoms with E-state index in [1.54, 1.807) is 0 Å². The van der Waals surface area contributed by atoms with E-state index in [-0.39, 0.29) is 0 Å². The zero-order chi connectivity index (χ0) is 15.2. The zero-order valence-corrected chi connectivity index (χ0v) is 13.7. The Morgan fingerprint density at radius 2 is 1.38 bits per heavy atom. The first-order chi connectivity index (χ1) is 10.2. The molecule has 0 aliphatic heterocycles. The molecular formula is C19H26N2. The summed E-state index contributed by atoms with van der Waals surface area (Å²) in [5.74, 6) is 1.04. The van der Waals surface area contributed by atoms with Crippen molar-refractivity contribution < 1.29 is 0 Å². The third kappa shape index (κ3) is 3.26. The average molecular weight is 282 g/mol. The number of aryl methyl sites for hydroxylation is 1. The van der Waals surface area contributed by atoms with Crippen LogP contribution in [0.3, 0.4) is 0 Å². The molecule has 1 heterocycles. The summed E-state index contributed by atoms with van der Waals surface area (Å²) in [5, 5.41) is 3.51. The fraction of sp³-hybridized carbons (Fsp3) is 0.421. The molecule has 0 unspecified atom stereocenters. The standard InChI is InChI=1S/C19H26N2/c1-5-15-16(6-2)18(8-4)21-19(17(15)7-3)20-14-12-10-9-11-13-14/h9-13H,5-8H2,1-4H3,(H,20,21). The highest BCUT2D eigenvalue weighted by Gasteiger charge is 2.15. The lowest BCUT2D eigenvalue weighted by Crippen LogP contribution is -2.10. The molecule has 0 radical (unpaired) electrons. The summed E-state index contributed by atoms with van der Waals surface area (Å²) in [4.78, 5) is 4.93. The first-order valence-electron chi connectivity index (χ1n) is 8.10. The molecule has 0 atom stereocenters. The molecule has 0 bridgehead atoms. The predicted octanol–water partition coefficient (Wildman–Crippen LogP) is 5.07. The SMILES string of the molecule is CCc1nc(Nc2ccccc2)c(CC)c(CC)c1CC. The van der Waals surface area contributed by atoms with Crippen LogP contribution in [0.2, 0.25) is 0 Å². The maximum absolute atomic E-state index is 4.93. The molecule has 2 heteroatoms. The van der Waals surface area contributed by atoms with E-state index >= 15 is 0 Å². The Bertz CT molecular complexity index is 588. The van der Waals surface area contributed by atoms with Gasteiger partial charge in [-0.1, -0.05) is 45.9 Å². The smallest absolute Gasteiger partial charge is 0.134 e. The number of aromatic nitrogens is 1. The van der Waals surface area contributed by atoms with Crippen LogP contribution in [0, 0.1) is 0 Å². The van der Waals surface area contributed by atoms with Gasteiger partial charge in [-0.2, -0.15) is 0 Å². The monoisotopic (exact) mass is 282 g/mol. The van der Waals surface area contributed by atoms with Crippen molar-refractivity contribution in [2.24, 2.45) is 0 Å². The molecule has 2 aromatic rings. The highest BCUT2D eigenvalue weighted by Crippen LogP contribution is 2.28. The molecule has 2 nitrogen and oxygen atoms in total. The molecule has 0 amide bonds. The van der Waals surface area contributed by atoms with E-state index in [4.69, 9.17) is 4.98 Å². The van der Waals surface area contributed by atoms with E-state index in [9.17, 15) is 0 Å². The van der Waals surface area contributed by atoms with Crippen LogP contribution in [-0.4, -0.2) is 4.98 Å². The van der Waals surface area contributed by atoms with E-state index in [0.717, 1.165) is 37.2 Å². The van der Waals surface area contributed by atoms with Gasteiger partial charge in [0.2, 0.25) is 0 Å². The van der Waals surface area contributed by atoms with Gasteiger partial charge >= 0.3 is 0 Å². The number of anilines is 2. The molecule has 1 aromatic carbocycles. The number of benzene rings is 1. The minimum Gasteiger partial charge on any atom is -0.340 e. The van der Waals surface area contributed by atoms with Gasteiger partial charge in [-0.05, 0) is 54.5 Å². The summed E-state index contributed by atoms with van der Waals surface area (Å²) in [6, 6.07) is 10.3. The first-order valence-corrected chi connectivity index (χ1v) is 8.10. The molecule has 0 saturated carbocycles. The Labute approximate surface area is 128 Å². The number of hydrogen-bond donors (Lipinski definition) is 1. The van der Waals surface area contributed by atoms with Crippen LogP contribution in [0.1, 0.15) is 50.1 Å². The lowest BCUT2D eigenvalue weighted by atomic mass is 9.94. The van der Waals surface area contributed by atoms with Gasteiger partial charge in [0.1, 0.15) is 5.82 Å². The second-order valence-corrected chi connectivity index (χ2v) is 5.25. The molecule has 21 heavy (non-hydrogen) atoms. The summed E-state index contributed by atoms with van der Waals surface area (Å²) in [6.07, 6.45) is 4.15. The molecule has 0 aliphatic rings. The second-order valence-electron chi connectivity index (χ2n) is 5.25. The van der Waals surface area contributed by atoms with Crippen molar-refractivity contribution in [2.45, 2.75) is 53.4 Å². The van der Waals surface area contributed by atoms with Gasteiger partial charge in [0.05, 0.1) is 0 Å². The molecular weight excluding hydrogens is 256 g/mol. The van der Waals surface area contributed by atoms with Crippen LogP contribution in [0.5, 0.6) is 0 Å². The Morgan fingerprint density at radius 1 is 0.762 bits per heavy atom. The van der Waals surface area contributed by atoms with Gasteiger partial charge < -0.3 is 5.32 Å². The zero-order valence-electron chi connectivity index (χ0n) is 13.7. The van der Waals surface area contributed by atoms with E-state index in [1.165, 1.54) is 22.4 Å². The Hall–Kier alpha value is -1.83. The molecule has 1 N–H and O–H groups in total. The van der Waals surface area contributed by atoms with Gasteiger partial charge in [0.25, 0.3) is 0 Å². The maximum Gasteiger partial charge on any atom is 0.134 e. The van der Waals surface area contributed by atoms with E-state index in [2.05, 4.69) is 57.3 Å². The highest BCUT2D eigenvalue weighted by molar-refractivity contribution is 5.62. The van der Waals surface area contributed by atoms with Crippen molar-refractivity contribution in [3.8, 4) is 0 Å². The number of hydrogen-bond acceptors (Lipinski definition) is 2. The van der Waals surface area contributed by atoms with Gasteiger partial charge in [0.15, 0.2) is 0 Å². The van der Waals surface area contributed by atoms with Gasteiger partial charge in [-0.3, -0.25) is 0 Å². The van der Waals surface area contributed by atoms with Gasteiger partial charge in [-0.15, -0.1) is 0 Å². The van der Waals surface area contributed by atoms with Gasteiger partial charge in [-0.25, -0.2) is 4.98 Å². The molecule has 1 aromatic heterocycles. The van der Waals surface area contributed by atoms with Crippen LogP contribution < -0.4 is 5.32 Å². The topological polar surface area (TPSA) is 24.9 Å². The summed E-state index contributed by atoms with van der Waals surface area (Å²) >= 11 is 0. The second kappa shape index (κ2) is 7.26. The quantitative estimate of drug-likeness (QED) is 0.799. The third-order valence-corrected chi connectivity index (χ3v) is 4.04. The summed E-state index contributed by atoms with van der Waals surface area (Å²) < 4.78 is 0. The fourth-order valence-electron chi connectivity index (χ4n) is 3.05. The number of nitrogens with zero attached hydrogens (tertiary/aromatic N) is 1. The van der Waals surface area contributed by atoms with Crippen molar-refractivity contribution in [1.29, 1.82) is 0 Å². The minimum absolute atomic E-state index is 0.990. The van der Waals surface area contributed by atoms with E-state index in [0.29, 0.717) is 0 Å². The Balaban J connectivity index is 2.54. The minimum atomic E-state index is 0.990. The lowest BCUT2D eigenvalue weighted by molar-refractivity contribution is 0.898. The number of nitrogens with one attached hydrogen (secondary N) is 1. The predicted molar refractivity (Wildman–Crippen MR) is 91.5 cm³/mol. The van der Waals surface area contributed by atoms with Crippen molar-refractivity contribution in [2.75, 3.05) is 5.32 Å². The van der Waals surface area contributed by atoms with Crippen molar-refractivity contribution in [3.05, 3.63) is 52.7 Å². The van der Waals surface area contributed by atoms with Crippen LogP contribution in [0.25, 0.3) is 0 Å². The van der Waals surface area contributed by atoms with E-state index < -0.39 is 0 Å². The molecule has 112 valence electrons. The average Bonchev–Trinajstić information content (AvgIpc) is 2.54. The van der Waals surface area contributed by atoms with Crippen LogP contribution in [0.15, 0.2) is 30.3 Å². The Morgan fingerprint density at radius 3 is 1.90 bits per heavy atom. The molecule has 0 fully saturated rings. The molecule has 0 aliphatic carbocycles. The largest absolute Gasteiger partial charge is 0.340 e. The fourth-order valence-corrected chi connectivity index (χ4v) is 3.05. The molecule has 0 saturated heterocycles. The van der Waals surface area contributed by atoms with Crippen LogP contribution in [-0.2, 0) is 25.7 Å². The van der Waals surface area contributed by atoms with Gasteiger partial charge in [0, 0.05) is 11.4 Å².